The van der Waals surface area contributed by atoms with Crippen molar-refractivity contribution in [2.45, 2.75) is 6.61 Å². The van der Waals surface area contributed by atoms with Crippen LogP contribution in [0.2, 0.25) is 0 Å². The van der Waals surface area contributed by atoms with Crippen LogP contribution in [0.1, 0.15) is 15.9 Å². The zero-order chi connectivity index (χ0) is 17.6. The molecule has 126 valence electrons. The lowest BCUT2D eigenvalue weighted by Gasteiger charge is -2.12. The Balaban J connectivity index is 1.79. The Labute approximate surface area is 152 Å². The van der Waals surface area contributed by atoms with E-state index in [1.54, 1.807) is 18.2 Å². The average molecular weight is 401 g/mol. The van der Waals surface area contributed by atoms with E-state index in [-0.39, 0.29) is 5.69 Å². The van der Waals surface area contributed by atoms with E-state index >= 15 is 0 Å². The summed E-state index contributed by atoms with van der Waals surface area (Å²) in [5.74, 6) is -0.488. The Morgan fingerprint density at radius 1 is 1.12 bits per heavy atom. The molecule has 0 radical (unpaired) electrons. The number of benzene rings is 2. The molecule has 0 unspecified atom stereocenters. The summed E-state index contributed by atoms with van der Waals surface area (Å²) in [4.78, 5) is 16.3. The second-order valence-corrected chi connectivity index (χ2v) is 6.18. The molecular weight excluding hydrogens is 387 g/mol. The predicted octanol–water partition coefficient (Wildman–Crippen LogP) is 4.81. The van der Waals surface area contributed by atoms with Gasteiger partial charge in [0.15, 0.2) is 0 Å². The van der Waals surface area contributed by atoms with Gasteiger partial charge in [-0.15, -0.1) is 0 Å². The summed E-state index contributed by atoms with van der Waals surface area (Å²) in [7, 11) is 0. The molecule has 0 aliphatic carbocycles. The number of ether oxygens (including phenoxy) is 1. The molecule has 0 fully saturated rings. The molecule has 2 aromatic carbocycles. The van der Waals surface area contributed by atoms with Gasteiger partial charge in [-0.3, -0.25) is 9.78 Å². The van der Waals surface area contributed by atoms with Crippen LogP contribution in [-0.4, -0.2) is 10.9 Å². The zero-order valence-corrected chi connectivity index (χ0v) is 14.7. The third-order valence-electron chi connectivity index (χ3n) is 3.39. The molecule has 4 nitrogen and oxygen atoms in total. The number of carbonyl (C=O) groups is 1. The summed E-state index contributed by atoms with van der Waals surface area (Å²) in [5, 5.41) is 2.62. The van der Waals surface area contributed by atoms with Gasteiger partial charge in [-0.05, 0) is 23.8 Å². The minimum atomic E-state index is -0.521. The van der Waals surface area contributed by atoms with E-state index in [1.165, 1.54) is 12.3 Å². The third-order valence-corrected chi connectivity index (χ3v) is 3.88. The molecule has 0 saturated carbocycles. The summed E-state index contributed by atoms with van der Waals surface area (Å²) < 4.78 is 19.8. The first-order valence-electron chi connectivity index (χ1n) is 7.50. The molecule has 6 heteroatoms. The van der Waals surface area contributed by atoms with Gasteiger partial charge in [0.05, 0.1) is 23.6 Å². The normalized spacial score (nSPS) is 10.3. The van der Waals surface area contributed by atoms with Crippen LogP contribution in [0.4, 0.5) is 10.1 Å². The third kappa shape index (κ3) is 4.64. The Morgan fingerprint density at radius 2 is 1.92 bits per heavy atom. The minimum Gasteiger partial charge on any atom is -0.488 e. The summed E-state index contributed by atoms with van der Waals surface area (Å²) in [6, 6.07) is 16.0. The van der Waals surface area contributed by atoms with Crippen molar-refractivity contribution in [3.05, 3.63) is 88.4 Å². The van der Waals surface area contributed by atoms with Gasteiger partial charge >= 0.3 is 0 Å². The summed E-state index contributed by atoms with van der Waals surface area (Å²) in [5.41, 5.74) is 1.61. The van der Waals surface area contributed by atoms with Crippen molar-refractivity contribution < 1.29 is 13.9 Å². The zero-order valence-electron chi connectivity index (χ0n) is 13.1. The van der Waals surface area contributed by atoms with Gasteiger partial charge in [0.1, 0.15) is 18.2 Å². The molecule has 25 heavy (non-hydrogen) atoms. The van der Waals surface area contributed by atoms with Crippen LogP contribution in [0, 0.1) is 5.82 Å². The Bertz CT molecular complexity index is 888. The first-order valence-corrected chi connectivity index (χ1v) is 8.29. The monoisotopic (exact) mass is 400 g/mol. The maximum absolute atomic E-state index is 13.2. The number of pyridine rings is 1. The van der Waals surface area contributed by atoms with Crippen molar-refractivity contribution in [3.63, 3.8) is 0 Å². The van der Waals surface area contributed by atoms with Crippen LogP contribution in [0.25, 0.3) is 0 Å². The molecule has 0 aliphatic heterocycles. The number of anilines is 1. The molecule has 0 atom stereocenters. The van der Waals surface area contributed by atoms with Crippen molar-refractivity contribution in [1.82, 2.24) is 4.98 Å². The van der Waals surface area contributed by atoms with Crippen molar-refractivity contribution in [2.75, 3.05) is 5.32 Å². The van der Waals surface area contributed by atoms with Gasteiger partial charge in [-0.2, -0.15) is 0 Å². The molecule has 1 aromatic heterocycles. The van der Waals surface area contributed by atoms with Gasteiger partial charge in [-0.25, -0.2) is 4.39 Å². The van der Waals surface area contributed by atoms with Crippen LogP contribution in [0.15, 0.2) is 71.5 Å². The van der Waals surface area contributed by atoms with Crippen molar-refractivity contribution in [3.8, 4) is 5.75 Å². The number of rotatable bonds is 5. The van der Waals surface area contributed by atoms with Gasteiger partial charge in [0.25, 0.3) is 5.91 Å². The highest BCUT2D eigenvalue weighted by molar-refractivity contribution is 9.10. The lowest BCUT2D eigenvalue weighted by atomic mass is 10.1. The van der Waals surface area contributed by atoms with Crippen LogP contribution >= 0.6 is 15.9 Å². The number of halogens is 2. The average Bonchev–Trinajstić information content (AvgIpc) is 2.61. The summed E-state index contributed by atoms with van der Waals surface area (Å²) >= 11 is 3.35. The smallest absolute Gasteiger partial charge is 0.259 e. The number of carbonyl (C=O) groups excluding carboxylic acids is 1. The van der Waals surface area contributed by atoms with Gasteiger partial charge < -0.3 is 10.1 Å². The van der Waals surface area contributed by atoms with Crippen molar-refractivity contribution in [1.29, 1.82) is 0 Å². The second kappa shape index (κ2) is 7.90. The van der Waals surface area contributed by atoms with E-state index in [0.717, 1.165) is 16.2 Å². The lowest BCUT2D eigenvalue weighted by molar-refractivity contribution is 0.102. The van der Waals surface area contributed by atoms with E-state index in [9.17, 15) is 9.18 Å². The maximum Gasteiger partial charge on any atom is 0.259 e. The number of hydrogen-bond acceptors (Lipinski definition) is 3. The molecule has 0 spiro atoms. The van der Waals surface area contributed by atoms with E-state index in [2.05, 4.69) is 26.2 Å². The first kappa shape index (κ1) is 17.1. The number of nitrogens with zero attached hydrogens (tertiary/aromatic N) is 1. The fourth-order valence-electron chi connectivity index (χ4n) is 2.22. The predicted molar refractivity (Wildman–Crippen MR) is 97.1 cm³/mol. The standard InChI is InChI=1S/C19H14BrFN2O2/c20-14-6-7-18(25-12-13-4-2-1-3-5-13)17(8-14)19(24)23-16-9-15(21)10-22-11-16/h1-11H,12H2,(H,23,24). The lowest BCUT2D eigenvalue weighted by Crippen LogP contribution is -2.14. The highest BCUT2D eigenvalue weighted by atomic mass is 79.9. The number of aromatic nitrogens is 1. The van der Waals surface area contributed by atoms with Crippen molar-refractivity contribution >= 4 is 27.5 Å². The maximum atomic E-state index is 13.2. The van der Waals surface area contributed by atoms with E-state index < -0.39 is 11.7 Å². The largest absolute Gasteiger partial charge is 0.488 e. The topological polar surface area (TPSA) is 51.2 Å². The second-order valence-electron chi connectivity index (χ2n) is 5.26. The van der Waals surface area contributed by atoms with E-state index in [4.69, 9.17) is 4.74 Å². The Morgan fingerprint density at radius 3 is 2.68 bits per heavy atom. The van der Waals surface area contributed by atoms with Gasteiger partial charge in [-0.1, -0.05) is 46.3 Å². The van der Waals surface area contributed by atoms with Crippen LogP contribution in [0.5, 0.6) is 5.75 Å². The Kier molecular flexibility index (Phi) is 5.40. The van der Waals surface area contributed by atoms with Crippen LogP contribution < -0.4 is 10.1 Å². The molecule has 0 saturated heterocycles. The fourth-order valence-corrected chi connectivity index (χ4v) is 2.58. The van der Waals surface area contributed by atoms with Crippen molar-refractivity contribution in [2.24, 2.45) is 0 Å². The molecular formula is C19H14BrFN2O2. The highest BCUT2D eigenvalue weighted by Gasteiger charge is 2.14. The molecule has 1 heterocycles. The molecule has 3 rings (SSSR count). The van der Waals surface area contributed by atoms with Gasteiger partial charge in [0, 0.05) is 10.5 Å². The summed E-state index contributed by atoms with van der Waals surface area (Å²) in [6.07, 6.45) is 2.45. The van der Waals surface area contributed by atoms with Crippen LogP contribution in [-0.2, 0) is 6.61 Å². The number of hydrogen-bond donors (Lipinski definition) is 1. The number of nitrogens with one attached hydrogen (secondary N) is 1. The van der Waals surface area contributed by atoms with E-state index in [1.807, 2.05) is 30.3 Å². The Hall–Kier alpha value is -2.73. The molecule has 1 amide bonds. The molecule has 3 aromatic rings. The molecule has 0 aliphatic rings. The SMILES string of the molecule is O=C(Nc1cncc(F)c1)c1cc(Br)ccc1OCc1ccccc1. The fraction of sp³-hybridized carbons (Fsp3) is 0.0526. The minimum absolute atomic E-state index is 0.277. The first-order chi connectivity index (χ1) is 12.1. The molecule has 1 N–H and O–H groups in total. The quantitative estimate of drug-likeness (QED) is 0.668. The summed E-state index contributed by atoms with van der Waals surface area (Å²) in [6.45, 7) is 0.338. The van der Waals surface area contributed by atoms with Gasteiger partial charge in [0.2, 0.25) is 0 Å². The molecule has 0 bridgehead atoms. The van der Waals surface area contributed by atoms with Crippen LogP contribution in [0.3, 0.4) is 0 Å². The van der Waals surface area contributed by atoms with E-state index in [0.29, 0.717) is 17.9 Å². The highest BCUT2D eigenvalue weighted by Crippen LogP contribution is 2.25. The number of amides is 1.